The summed E-state index contributed by atoms with van der Waals surface area (Å²) in [6.45, 7) is 5.03. The number of nitrogens with zero attached hydrogens (tertiary/aromatic N) is 4. The molecule has 0 amide bonds. The van der Waals surface area contributed by atoms with Gasteiger partial charge in [-0.25, -0.2) is 14.4 Å². The highest BCUT2D eigenvalue weighted by Gasteiger charge is 2.19. The van der Waals surface area contributed by atoms with Crippen LogP contribution in [0.15, 0.2) is 58.0 Å². The number of halogens is 1. The summed E-state index contributed by atoms with van der Waals surface area (Å²) in [5.41, 5.74) is 8.90. The molecular formula is C26H27FN6O2S. The lowest BCUT2D eigenvalue weighted by atomic mass is 10.1. The third-order valence-corrected chi connectivity index (χ3v) is 7.24. The molecule has 0 spiro atoms. The lowest BCUT2D eigenvalue weighted by Crippen LogP contribution is -2.17. The lowest BCUT2D eigenvalue weighted by molar-refractivity contribution is 0.100. The van der Waals surface area contributed by atoms with E-state index >= 15 is 0 Å². The first-order chi connectivity index (χ1) is 17.6. The molecule has 2 aromatic carbocycles. The van der Waals surface area contributed by atoms with Crippen LogP contribution in [0.4, 0.5) is 10.2 Å². The van der Waals surface area contributed by atoms with Crippen LogP contribution >= 0.6 is 11.8 Å². The Hall–Kier alpha value is -3.34. The predicted octanol–water partition coefficient (Wildman–Crippen LogP) is 4.96. The number of hydrogen-bond donors (Lipinski definition) is 2. The number of benzene rings is 2. The van der Waals surface area contributed by atoms with Gasteiger partial charge in [0.2, 0.25) is 0 Å². The molecule has 3 heterocycles. The Morgan fingerprint density at radius 1 is 1.08 bits per heavy atom. The number of nitrogens with two attached hydrogens (primary N) is 1. The van der Waals surface area contributed by atoms with E-state index in [1.165, 1.54) is 11.0 Å². The van der Waals surface area contributed by atoms with Crippen LogP contribution in [0.5, 0.6) is 0 Å². The summed E-state index contributed by atoms with van der Waals surface area (Å²) in [4.78, 5) is 10.1. The van der Waals surface area contributed by atoms with Gasteiger partial charge in [-0.3, -0.25) is 0 Å². The summed E-state index contributed by atoms with van der Waals surface area (Å²) in [6, 6.07) is 13.1. The van der Waals surface area contributed by atoms with E-state index in [0.29, 0.717) is 17.5 Å². The van der Waals surface area contributed by atoms with Crippen molar-refractivity contribution in [1.29, 1.82) is 0 Å². The third-order valence-electron chi connectivity index (χ3n) is 5.89. The summed E-state index contributed by atoms with van der Waals surface area (Å²) >= 11 is 1.87. The number of hydrogen-bond acceptors (Lipinski definition) is 9. The summed E-state index contributed by atoms with van der Waals surface area (Å²) in [7, 11) is 0. The average Bonchev–Trinajstić information content (AvgIpc) is 3.39. The smallest absolute Gasteiger partial charge is 0.270 e. The maximum atomic E-state index is 14.7. The van der Waals surface area contributed by atoms with E-state index in [1.807, 2.05) is 36.9 Å². The van der Waals surface area contributed by atoms with Crippen molar-refractivity contribution >= 4 is 17.6 Å². The number of rotatable bonds is 8. The summed E-state index contributed by atoms with van der Waals surface area (Å²) in [5, 5.41) is 11.8. The molecule has 0 unspecified atom stereocenters. The lowest BCUT2D eigenvalue weighted by Gasteiger charge is -2.21. The first-order valence-electron chi connectivity index (χ1n) is 11.9. The van der Waals surface area contributed by atoms with Gasteiger partial charge >= 0.3 is 0 Å². The molecule has 0 saturated carbocycles. The predicted molar refractivity (Wildman–Crippen MR) is 138 cm³/mol. The van der Waals surface area contributed by atoms with Gasteiger partial charge in [0.05, 0.1) is 17.5 Å². The quantitative estimate of drug-likeness (QED) is 0.342. The van der Waals surface area contributed by atoms with Crippen LogP contribution in [-0.2, 0) is 11.3 Å². The molecule has 0 radical (unpaired) electrons. The highest BCUT2D eigenvalue weighted by atomic mass is 32.2. The van der Waals surface area contributed by atoms with Crippen molar-refractivity contribution in [3.63, 3.8) is 0 Å². The number of nitrogens with one attached hydrogen (secondary N) is 1. The van der Waals surface area contributed by atoms with E-state index < -0.39 is 5.82 Å². The topological polar surface area (TPSA) is 112 Å². The van der Waals surface area contributed by atoms with Crippen molar-refractivity contribution in [2.45, 2.75) is 36.5 Å². The Morgan fingerprint density at radius 2 is 1.86 bits per heavy atom. The minimum Gasteiger partial charge on any atom is -0.414 e. The highest BCUT2D eigenvalue weighted by molar-refractivity contribution is 8.00. The van der Waals surface area contributed by atoms with Gasteiger partial charge in [0.25, 0.3) is 11.8 Å². The van der Waals surface area contributed by atoms with E-state index in [1.54, 1.807) is 12.3 Å². The van der Waals surface area contributed by atoms with Crippen LogP contribution in [0.25, 0.3) is 34.3 Å². The normalized spacial score (nSPS) is 14.3. The Bertz CT molecular complexity index is 1320. The molecule has 4 aromatic rings. The molecule has 5 rings (SSSR count). The maximum absolute atomic E-state index is 14.7. The Kier molecular flexibility index (Phi) is 7.55. The number of nitrogen functional groups attached to an aromatic ring is 1. The van der Waals surface area contributed by atoms with Gasteiger partial charge in [-0.05, 0) is 49.2 Å². The zero-order chi connectivity index (χ0) is 24.9. The van der Waals surface area contributed by atoms with E-state index in [-0.39, 0.29) is 28.9 Å². The zero-order valence-corrected chi connectivity index (χ0v) is 20.7. The first kappa shape index (κ1) is 24.4. The standard InChI is InChI=1S/C26H27FN6O2S/c1-2-29-14-16-3-8-20(21(27)13-16)25-32-33-26(35-25)23-24(28)30-15-22(31-23)17-4-6-18(7-5-17)36-19-9-11-34-12-10-19/h3-8,13,15,19,29H,2,9-12,14H2,1H3,(H2,28,30). The Labute approximate surface area is 212 Å². The molecule has 8 nitrogen and oxygen atoms in total. The monoisotopic (exact) mass is 506 g/mol. The molecule has 1 saturated heterocycles. The third kappa shape index (κ3) is 5.56. The zero-order valence-electron chi connectivity index (χ0n) is 19.9. The highest BCUT2D eigenvalue weighted by Crippen LogP contribution is 2.32. The van der Waals surface area contributed by atoms with Crippen molar-refractivity contribution in [3.8, 4) is 34.3 Å². The van der Waals surface area contributed by atoms with Crippen LogP contribution < -0.4 is 11.1 Å². The second kappa shape index (κ2) is 11.2. The van der Waals surface area contributed by atoms with Gasteiger partial charge in [-0.15, -0.1) is 22.0 Å². The van der Waals surface area contributed by atoms with Crippen molar-refractivity contribution in [1.82, 2.24) is 25.5 Å². The van der Waals surface area contributed by atoms with Crippen molar-refractivity contribution in [2.24, 2.45) is 0 Å². The summed E-state index contributed by atoms with van der Waals surface area (Å²) < 4.78 is 25.9. The van der Waals surface area contributed by atoms with Gasteiger partial charge in [0.1, 0.15) is 5.82 Å². The SMILES string of the molecule is CCNCc1ccc(-c2nnc(-c3nc(-c4ccc(SC5CCOCC5)cc4)cnc3N)o2)c(F)c1. The summed E-state index contributed by atoms with van der Waals surface area (Å²) in [6.07, 6.45) is 3.74. The van der Waals surface area contributed by atoms with Gasteiger partial charge in [0.15, 0.2) is 11.5 Å². The van der Waals surface area contributed by atoms with Crippen LogP contribution in [0.2, 0.25) is 0 Å². The van der Waals surface area contributed by atoms with E-state index in [4.69, 9.17) is 14.9 Å². The molecular weight excluding hydrogens is 479 g/mol. The molecule has 0 aliphatic carbocycles. The number of ether oxygens (including phenoxy) is 1. The average molecular weight is 507 g/mol. The minimum absolute atomic E-state index is 0.0543. The van der Waals surface area contributed by atoms with Crippen molar-refractivity contribution in [3.05, 3.63) is 60.0 Å². The fourth-order valence-corrected chi connectivity index (χ4v) is 5.03. The number of aromatic nitrogens is 4. The van der Waals surface area contributed by atoms with Gasteiger partial charge < -0.3 is 20.2 Å². The van der Waals surface area contributed by atoms with Gasteiger partial charge in [-0.2, -0.15) is 0 Å². The molecule has 10 heteroatoms. The van der Waals surface area contributed by atoms with Crippen LogP contribution in [0.3, 0.4) is 0 Å². The molecule has 0 bridgehead atoms. The Balaban J connectivity index is 1.35. The Morgan fingerprint density at radius 3 is 2.61 bits per heavy atom. The largest absolute Gasteiger partial charge is 0.414 e. The summed E-state index contributed by atoms with van der Waals surface area (Å²) in [5.74, 6) is -0.146. The van der Waals surface area contributed by atoms with Crippen molar-refractivity contribution < 1.29 is 13.5 Å². The number of anilines is 1. The first-order valence-corrected chi connectivity index (χ1v) is 12.8. The second-order valence-corrected chi connectivity index (χ2v) is 9.82. The minimum atomic E-state index is -0.438. The number of thioether (sulfide) groups is 1. The molecule has 0 atom stereocenters. The molecule has 186 valence electrons. The van der Waals surface area contributed by atoms with Gasteiger partial charge in [-0.1, -0.05) is 25.1 Å². The van der Waals surface area contributed by atoms with E-state index in [2.05, 4.69) is 37.6 Å². The molecule has 1 aliphatic rings. The molecule has 1 fully saturated rings. The van der Waals surface area contributed by atoms with E-state index in [9.17, 15) is 4.39 Å². The molecule has 36 heavy (non-hydrogen) atoms. The fourth-order valence-electron chi connectivity index (χ4n) is 3.92. The molecule has 2 aromatic heterocycles. The van der Waals surface area contributed by atoms with E-state index in [0.717, 1.165) is 43.7 Å². The van der Waals surface area contributed by atoms with Crippen LogP contribution in [0.1, 0.15) is 25.3 Å². The van der Waals surface area contributed by atoms with Crippen molar-refractivity contribution in [2.75, 3.05) is 25.5 Å². The molecule has 1 aliphatic heterocycles. The van der Waals surface area contributed by atoms with Crippen LogP contribution in [0, 0.1) is 5.82 Å². The second-order valence-electron chi connectivity index (χ2n) is 8.45. The fraction of sp³-hybridized carbons (Fsp3) is 0.308. The van der Waals surface area contributed by atoms with Gasteiger partial charge in [0, 0.05) is 35.5 Å². The molecule has 3 N–H and O–H groups in total. The van der Waals surface area contributed by atoms with Crippen LogP contribution in [-0.4, -0.2) is 45.2 Å². The maximum Gasteiger partial charge on any atom is 0.270 e.